The van der Waals surface area contributed by atoms with E-state index in [0.29, 0.717) is 31.2 Å². The van der Waals surface area contributed by atoms with Crippen LogP contribution >= 0.6 is 0 Å². The molecule has 1 spiro atoms. The summed E-state index contributed by atoms with van der Waals surface area (Å²) in [6, 6.07) is 7.19. The number of nitrogens with one attached hydrogen (secondary N) is 1. The second kappa shape index (κ2) is 5.60. The van der Waals surface area contributed by atoms with Gasteiger partial charge in [0.25, 0.3) is 0 Å². The van der Waals surface area contributed by atoms with Crippen molar-refractivity contribution in [2.75, 3.05) is 6.54 Å². The van der Waals surface area contributed by atoms with Crippen molar-refractivity contribution >= 4 is 11.8 Å². The molecule has 2 saturated heterocycles. The van der Waals surface area contributed by atoms with E-state index in [1.54, 1.807) is 35.6 Å². The van der Waals surface area contributed by atoms with Gasteiger partial charge in [-0.25, -0.2) is 0 Å². The molecule has 2 amide bonds. The summed E-state index contributed by atoms with van der Waals surface area (Å²) in [5.41, 5.74) is -0.707. The van der Waals surface area contributed by atoms with Gasteiger partial charge < -0.3 is 23.8 Å². The van der Waals surface area contributed by atoms with E-state index in [1.165, 1.54) is 0 Å². The van der Waals surface area contributed by atoms with E-state index >= 15 is 0 Å². The second-order valence-corrected chi connectivity index (χ2v) is 6.97. The summed E-state index contributed by atoms with van der Waals surface area (Å²) in [6.07, 6.45) is 6.64. The normalized spacial score (nSPS) is 31.6. The number of hydrogen-bond donors (Lipinski definition) is 1. The predicted octanol–water partition coefficient (Wildman–Crippen LogP) is 1.47. The lowest BCUT2D eigenvalue weighted by molar-refractivity contribution is -0.138. The van der Waals surface area contributed by atoms with Gasteiger partial charge in [-0.3, -0.25) is 9.59 Å². The van der Waals surface area contributed by atoms with Crippen LogP contribution in [0.3, 0.4) is 0 Å². The number of ether oxygens (including phenoxy) is 1. The fourth-order valence-corrected chi connectivity index (χ4v) is 4.31. The van der Waals surface area contributed by atoms with E-state index in [1.807, 2.05) is 18.2 Å². The molecule has 5 rings (SSSR count). The van der Waals surface area contributed by atoms with Crippen LogP contribution in [0, 0.1) is 11.8 Å². The Hall–Kier alpha value is -2.80. The van der Waals surface area contributed by atoms with Crippen molar-refractivity contribution in [2.24, 2.45) is 11.8 Å². The molecule has 0 aromatic carbocycles. The third kappa shape index (κ3) is 2.24. The molecular formula is C19H18N2O5. The maximum atomic E-state index is 13.0. The van der Waals surface area contributed by atoms with E-state index in [2.05, 4.69) is 5.32 Å². The van der Waals surface area contributed by atoms with E-state index in [0.717, 1.165) is 0 Å². The minimum atomic E-state index is -0.707. The Morgan fingerprint density at radius 1 is 1.23 bits per heavy atom. The first-order valence-corrected chi connectivity index (χ1v) is 8.65. The van der Waals surface area contributed by atoms with Gasteiger partial charge in [0.1, 0.15) is 17.1 Å². The Balaban J connectivity index is 1.35. The van der Waals surface area contributed by atoms with Gasteiger partial charge in [0.15, 0.2) is 0 Å². The number of furan rings is 2. The number of likely N-dealkylation sites (tertiary alicyclic amines) is 1. The molecule has 7 heteroatoms. The molecule has 1 N–H and O–H groups in total. The van der Waals surface area contributed by atoms with E-state index in [9.17, 15) is 9.59 Å². The largest absolute Gasteiger partial charge is 0.467 e. The van der Waals surface area contributed by atoms with Gasteiger partial charge in [0.05, 0.1) is 50.1 Å². The molecule has 4 unspecified atom stereocenters. The molecule has 2 fully saturated rings. The summed E-state index contributed by atoms with van der Waals surface area (Å²) < 4.78 is 16.7. The fraction of sp³-hybridized carbons (Fsp3) is 0.368. The van der Waals surface area contributed by atoms with Crippen LogP contribution in [0.25, 0.3) is 0 Å². The van der Waals surface area contributed by atoms with Gasteiger partial charge in [0, 0.05) is 0 Å². The molecule has 0 aliphatic carbocycles. The van der Waals surface area contributed by atoms with Gasteiger partial charge in [-0.2, -0.15) is 0 Å². The molecule has 26 heavy (non-hydrogen) atoms. The lowest BCUT2D eigenvalue weighted by Gasteiger charge is -2.23. The summed E-state index contributed by atoms with van der Waals surface area (Å²) in [4.78, 5) is 27.5. The van der Waals surface area contributed by atoms with Crippen molar-refractivity contribution in [1.29, 1.82) is 0 Å². The summed E-state index contributed by atoms with van der Waals surface area (Å²) in [6.45, 7) is 1.11. The highest BCUT2D eigenvalue weighted by molar-refractivity contribution is 5.92. The molecule has 2 bridgehead atoms. The molecule has 0 radical (unpaired) electrons. The van der Waals surface area contributed by atoms with Gasteiger partial charge in [0.2, 0.25) is 11.8 Å². The zero-order valence-electron chi connectivity index (χ0n) is 14.0. The average Bonchev–Trinajstić information content (AvgIpc) is 3.43. The molecule has 134 valence electrons. The zero-order chi connectivity index (χ0) is 17.7. The first kappa shape index (κ1) is 15.5. The first-order chi connectivity index (χ1) is 12.7. The Labute approximate surface area is 149 Å². The monoisotopic (exact) mass is 354 g/mol. The van der Waals surface area contributed by atoms with Crippen LogP contribution < -0.4 is 5.32 Å². The second-order valence-electron chi connectivity index (χ2n) is 6.97. The summed E-state index contributed by atoms with van der Waals surface area (Å²) >= 11 is 0. The quantitative estimate of drug-likeness (QED) is 0.822. The topological polar surface area (TPSA) is 84.9 Å². The van der Waals surface area contributed by atoms with Crippen LogP contribution in [0.15, 0.2) is 57.8 Å². The summed E-state index contributed by atoms with van der Waals surface area (Å²) in [5, 5.41) is 2.87. The van der Waals surface area contributed by atoms with Gasteiger partial charge in [-0.05, 0) is 24.3 Å². The van der Waals surface area contributed by atoms with E-state index in [-0.39, 0.29) is 17.9 Å². The van der Waals surface area contributed by atoms with Gasteiger partial charge in [-0.15, -0.1) is 0 Å². The SMILES string of the molecule is O=C(NCc1ccco1)C1C2C=CC3(CN(Cc4ccco4)C(=O)C13)O2. The van der Waals surface area contributed by atoms with Crippen LogP contribution in [-0.4, -0.2) is 35.0 Å². The van der Waals surface area contributed by atoms with Gasteiger partial charge >= 0.3 is 0 Å². The van der Waals surface area contributed by atoms with Crippen molar-refractivity contribution in [3.63, 3.8) is 0 Å². The number of hydrogen-bond acceptors (Lipinski definition) is 5. The third-order valence-corrected chi connectivity index (χ3v) is 5.43. The highest BCUT2D eigenvalue weighted by Crippen LogP contribution is 2.52. The molecule has 0 saturated carbocycles. The minimum Gasteiger partial charge on any atom is -0.467 e. The molecule has 2 aromatic rings. The number of carbonyl (C=O) groups is 2. The summed E-state index contributed by atoms with van der Waals surface area (Å²) in [7, 11) is 0. The summed E-state index contributed by atoms with van der Waals surface area (Å²) in [5.74, 6) is 0.118. The minimum absolute atomic E-state index is 0.0635. The number of rotatable bonds is 5. The highest BCUT2D eigenvalue weighted by Gasteiger charge is 2.66. The lowest BCUT2D eigenvalue weighted by atomic mass is 9.77. The Morgan fingerprint density at radius 2 is 2.00 bits per heavy atom. The molecule has 7 nitrogen and oxygen atoms in total. The average molecular weight is 354 g/mol. The Kier molecular flexibility index (Phi) is 3.33. The van der Waals surface area contributed by atoms with Crippen LogP contribution in [0.2, 0.25) is 0 Å². The fourth-order valence-electron chi connectivity index (χ4n) is 4.31. The van der Waals surface area contributed by atoms with Crippen molar-refractivity contribution in [3.8, 4) is 0 Å². The molecular weight excluding hydrogens is 336 g/mol. The number of carbonyl (C=O) groups excluding carboxylic acids is 2. The van der Waals surface area contributed by atoms with Crippen molar-refractivity contribution in [2.45, 2.75) is 24.8 Å². The lowest BCUT2D eigenvalue weighted by Crippen LogP contribution is -2.43. The predicted molar refractivity (Wildman–Crippen MR) is 88.4 cm³/mol. The van der Waals surface area contributed by atoms with E-state index < -0.39 is 17.4 Å². The standard InChI is InChI=1S/C19H18N2O5/c22-17(20-9-12-3-1-7-24-12)15-14-5-6-19(26-14)11-21(18(23)16(15)19)10-13-4-2-8-25-13/h1-8,14-16H,9-11H2,(H,20,22). The van der Waals surface area contributed by atoms with Crippen molar-refractivity contribution < 1.29 is 23.2 Å². The van der Waals surface area contributed by atoms with Crippen molar-refractivity contribution in [3.05, 3.63) is 60.5 Å². The number of nitrogens with zero attached hydrogens (tertiary/aromatic N) is 1. The third-order valence-electron chi connectivity index (χ3n) is 5.43. The number of amides is 2. The van der Waals surface area contributed by atoms with Crippen LogP contribution in [0.1, 0.15) is 11.5 Å². The van der Waals surface area contributed by atoms with Crippen LogP contribution in [0.5, 0.6) is 0 Å². The van der Waals surface area contributed by atoms with Crippen LogP contribution in [-0.2, 0) is 27.4 Å². The highest BCUT2D eigenvalue weighted by atomic mass is 16.5. The number of fused-ring (bicyclic) bond motifs is 1. The smallest absolute Gasteiger partial charge is 0.230 e. The maximum Gasteiger partial charge on any atom is 0.230 e. The van der Waals surface area contributed by atoms with Gasteiger partial charge in [-0.1, -0.05) is 12.2 Å². The molecule has 5 heterocycles. The van der Waals surface area contributed by atoms with Crippen LogP contribution in [0.4, 0.5) is 0 Å². The zero-order valence-corrected chi connectivity index (χ0v) is 14.0. The maximum absolute atomic E-state index is 13.0. The Bertz CT molecular complexity index is 857. The first-order valence-electron chi connectivity index (χ1n) is 8.65. The van der Waals surface area contributed by atoms with Crippen molar-refractivity contribution in [1.82, 2.24) is 10.2 Å². The molecule has 3 aliphatic rings. The van der Waals surface area contributed by atoms with E-state index in [4.69, 9.17) is 13.6 Å². The molecule has 3 aliphatic heterocycles. The molecule has 4 atom stereocenters. The molecule has 2 aromatic heterocycles. The Morgan fingerprint density at radius 3 is 2.73 bits per heavy atom.